The van der Waals surface area contributed by atoms with Gasteiger partial charge in [-0.1, -0.05) is 24.4 Å². The van der Waals surface area contributed by atoms with Crippen LogP contribution in [0.5, 0.6) is 0 Å². The quantitative estimate of drug-likeness (QED) is 0.789. The van der Waals surface area contributed by atoms with Crippen molar-refractivity contribution in [3.8, 4) is 0 Å². The summed E-state index contributed by atoms with van der Waals surface area (Å²) in [5.41, 5.74) is 11.3. The van der Waals surface area contributed by atoms with Crippen LogP contribution in [0.25, 0.3) is 0 Å². The molecule has 2 amide bonds. The second-order valence-corrected chi connectivity index (χ2v) is 5.61. The van der Waals surface area contributed by atoms with Crippen molar-refractivity contribution >= 4 is 41.5 Å². The second-order valence-electron chi connectivity index (χ2n) is 5.20. The molecule has 1 fully saturated rings. The molecule has 7 heteroatoms. The summed E-state index contributed by atoms with van der Waals surface area (Å²) >= 11 is 5.96. The van der Waals surface area contributed by atoms with Crippen molar-refractivity contribution in [1.29, 1.82) is 0 Å². The smallest absolute Gasteiger partial charge is 0.250 e. The van der Waals surface area contributed by atoms with E-state index < -0.39 is 11.3 Å². The zero-order valence-corrected chi connectivity index (χ0v) is 13.1. The van der Waals surface area contributed by atoms with Gasteiger partial charge in [0, 0.05) is 12.2 Å². The number of nitrogens with two attached hydrogens (primary N) is 2. The Balaban J connectivity index is 0.00000220. The molecule has 2 rings (SSSR count). The van der Waals surface area contributed by atoms with Gasteiger partial charge in [0.15, 0.2) is 0 Å². The van der Waals surface area contributed by atoms with E-state index in [4.69, 9.17) is 23.1 Å². The summed E-state index contributed by atoms with van der Waals surface area (Å²) in [5, 5.41) is 3.05. The standard InChI is InChI=1S/C14H18ClN3O2.ClH/c15-11-7-9(3-4-10(11)12(17)19)18-13(20)14(8-16)5-1-2-6-14;/h3-4,7H,1-2,5-6,8,16H2,(H2,17,19)(H,18,20);1H. The number of benzene rings is 1. The van der Waals surface area contributed by atoms with Gasteiger partial charge in [0.25, 0.3) is 0 Å². The molecule has 0 unspecified atom stereocenters. The predicted molar refractivity (Wildman–Crippen MR) is 85.8 cm³/mol. The van der Waals surface area contributed by atoms with Crippen molar-refractivity contribution in [2.75, 3.05) is 11.9 Å². The highest BCUT2D eigenvalue weighted by Gasteiger charge is 2.39. The highest BCUT2D eigenvalue weighted by Crippen LogP contribution is 2.38. The molecule has 0 spiro atoms. The lowest BCUT2D eigenvalue weighted by atomic mass is 9.85. The third-order valence-corrected chi connectivity index (χ3v) is 4.24. The van der Waals surface area contributed by atoms with Crippen molar-refractivity contribution in [3.05, 3.63) is 28.8 Å². The van der Waals surface area contributed by atoms with Crippen LogP contribution >= 0.6 is 24.0 Å². The van der Waals surface area contributed by atoms with Gasteiger partial charge in [-0.2, -0.15) is 0 Å². The number of carbonyl (C=O) groups excluding carboxylic acids is 2. The van der Waals surface area contributed by atoms with E-state index in [1.807, 2.05) is 0 Å². The molecule has 1 aromatic carbocycles. The number of rotatable bonds is 4. The minimum absolute atomic E-state index is 0. The van der Waals surface area contributed by atoms with Gasteiger partial charge in [0.2, 0.25) is 11.8 Å². The second kappa shape index (κ2) is 7.11. The SMILES string of the molecule is Cl.NCC1(C(=O)Nc2ccc(C(N)=O)c(Cl)c2)CCCC1. The van der Waals surface area contributed by atoms with Gasteiger partial charge in [0.05, 0.1) is 16.0 Å². The zero-order chi connectivity index (χ0) is 14.8. The molecule has 0 aromatic heterocycles. The lowest BCUT2D eigenvalue weighted by Gasteiger charge is -2.25. The maximum Gasteiger partial charge on any atom is 0.250 e. The van der Waals surface area contributed by atoms with Crippen LogP contribution in [0.2, 0.25) is 5.02 Å². The summed E-state index contributed by atoms with van der Waals surface area (Å²) in [6, 6.07) is 4.64. The summed E-state index contributed by atoms with van der Waals surface area (Å²) in [5.74, 6) is -0.678. The molecule has 0 aliphatic heterocycles. The van der Waals surface area contributed by atoms with Crippen LogP contribution in [0, 0.1) is 5.41 Å². The average Bonchev–Trinajstić information content (AvgIpc) is 2.88. The third kappa shape index (κ3) is 3.67. The summed E-state index contributed by atoms with van der Waals surface area (Å²) in [6.45, 7) is 0.339. The molecular formula is C14H19Cl2N3O2. The van der Waals surface area contributed by atoms with Crippen LogP contribution < -0.4 is 16.8 Å². The molecule has 1 saturated carbocycles. The zero-order valence-electron chi connectivity index (χ0n) is 11.5. The molecule has 5 nitrogen and oxygen atoms in total. The Morgan fingerprint density at radius 2 is 1.90 bits per heavy atom. The first-order chi connectivity index (χ1) is 9.48. The van der Waals surface area contributed by atoms with E-state index in [0.29, 0.717) is 12.2 Å². The molecule has 0 atom stereocenters. The molecule has 0 heterocycles. The first-order valence-electron chi connectivity index (χ1n) is 6.59. The Kier molecular flexibility index (Phi) is 6.01. The fourth-order valence-corrected chi connectivity index (χ4v) is 2.91. The number of halogens is 2. The Hall–Kier alpha value is -1.30. The lowest BCUT2D eigenvalue weighted by Crippen LogP contribution is -2.40. The van der Waals surface area contributed by atoms with Crippen molar-refractivity contribution in [3.63, 3.8) is 0 Å². The van der Waals surface area contributed by atoms with Crippen molar-refractivity contribution in [2.24, 2.45) is 16.9 Å². The predicted octanol–water partition coefficient (Wildman–Crippen LogP) is 2.32. The van der Waals surface area contributed by atoms with E-state index in [9.17, 15) is 9.59 Å². The average molecular weight is 332 g/mol. The molecule has 1 aromatic rings. The first kappa shape index (κ1) is 17.8. The van der Waals surface area contributed by atoms with E-state index in [1.54, 1.807) is 6.07 Å². The van der Waals surface area contributed by atoms with E-state index in [0.717, 1.165) is 25.7 Å². The fraction of sp³-hybridized carbons (Fsp3) is 0.429. The molecule has 116 valence electrons. The molecule has 1 aliphatic rings. The van der Waals surface area contributed by atoms with E-state index in [2.05, 4.69) is 5.32 Å². The molecule has 0 radical (unpaired) electrons. The van der Waals surface area contributed by atoms with Gasteiger partial charge < -0.3 is 16.8 Å². The Labute approximate surface area is 134 Å². The molecule has 0 bridgehead atoms. The van der Waals surface area contributed by atoms with Crippen LogP contribution in [-0.2, 0) is 4.79 Å². The molecule has 5 N–H and O–H groups in total. The maximum atomic E-state index is 12.4. The first-order valence-corrected chi connectivity index (χ1v) is 6.97. The Bertz CT molecular complexity index is 543. The number of nitrogens with one attached hydrogen (secondary N) is 1. The maximum absolute atomic E-state index is 12.4. The molecule has 0 saturated heterocycles. The Morgan fingerprint density at radius 1 is 1.29 bits per heavy atom. The van der Waals surface area contributed by atoms with Crippen molar-refractivity contribution < 1.29 is 9.59 Å². The fourth-order valence-electron chi connectivity index (χ4n) is 2.63. The van der Waals surface area contributed by atoms with Crippen LogP contribution in [0.15, 0.2) is 18.2 Å². The summed E-state index contributed by atoms with van der Waals surface area (Å²) in [7, 11) is 0. The third-order valence-electron chi connectivity index (χ3n) is 3.93. The van der Waals surface area contributed by atoms with Gasteiger partial charge in [-0.3, -0.25) is 9.59 Å². The summed E-state index contributed by atoms with van der Waals surface area (Å²) < 4.78 is 0. The Morgan fingerprint density at radius 3 is 2.38 bits per heavy atom. The number of hydrogen-bond acceptors (Lipinski definition) is 3. The van der Waals surface area contributed by atoms with Crippen LogP contribution in [0.1, 0.15) is 36.0 Å². The molecule has 1 aliphatic carbocycles. The van der Waals surface area contributed by atoms with E-state index in [1.165, 1.54) is 12.1 Å². The number of primary amides is 1. The number of hydrogen-bond donors (Lipinski definition) is 3. The summed E-state index contributed by atoms with van der Waals surface area (Å²) in [4.78, 5) is 23.5. The normalized spacial score (nSPS) is 16.1. The largest absolute Gasteiger partial charge is 0.366 e. The van der Waals surface area contributed by atoms with Crippen LogP contribution in [-0.4, -0.2) is 18.4 Å². The van der Waals surface area contributed by atoms with E-state index >= 15 is 0 Å². The van der Waals surface area contributed by atoms with Gasteiger partial charge >= 0.3 is 0 Å². The van der Waals surface area contributed by atoms with Gasteiger partial charge in [-0.05, 0) is 31.0 Å². The molecular weight excluding hydrogens is 313 g/mol. The van der Waals surface area contributed by atoms with Crippen LogP contribution in [0.4, 0.5) is 5.69 Å². The van der Waals surface area contributed by atoms with Crippen molar-refractivity contribution in [1.82, 2.24) is 0 Å². The monoisotopic (exact) mass is 331 g/mol. The number of anilines is 1. The van der Waals surface area contributed by atoms with Gasteiger partial charge in [-0.15, -0.1) is 12.4 Å². The lowest BCUT2D eigenvalue weighted by molar-refractivity contribution is -0.124. The molecule has 21 heavy (non-hydrogen) atoms. The highest BCUT2D eigenvalue weighted by atomic mass is 35.5. The number of amides is 2. The topological polar surface area (TPSA) is 98.2 Å². The number of carbonyl (C=O) groups is 2. The van der Waals surface area contributed by atoms with E-state index in [-0.39, 0.29) is 28.9 Å². The minimum atomic E-state index is -0.595. The van der Waals surface area contributed by atoms with Gasteiger partial charge in [0.1, 0.15) is 0 Å². The van der Waals surface area contributed by atoms with Crippen LogP contribution in [0.3, 0.4) is 0 Å². The van der Waals surface area contributed by atoms with Gasteiger partial charge in [-0.25, -0.2) is 0 Å². The highest BCUT2D eigenvalue weighted by molar-refractivity contribution is 6.34. The minimum Gasteiger partial charge on any atom is -0.366 e. The summed E-state index contributed by atoms with van der Waals surface area (Å²) in [6.07, 6.45) is 3.66. The van der Waals surface area contributed by atoms with Crippen molar-refractivity contribution in [2.45, 2.75) is 25.7 Å².